The summed E-state index contributed by atoms with van der Waals surface area (Å²) in [5, 5.41) is 10.9. The van der Waals surface area contributed by atoms with Crippen molar-refractivity contribution in [3.63, 3.8) is 0 Å². The second-order valence-electron chi connectivity index (χ2n) is 4.22. The third kappa shape index (κ3) is 4.93. The van der Waals surface area contributed by atoms with Gasteiger partial charge in [-0.15, -0.1) is 5.10 Å². The van der Waals surface area contributed by atoms with Gasteiger partial charge >= 0.3 is 6.61 Å². The summed E-state index contributed by atoms with van der Waals surface area (Å²) in [6.07, 6.45) is 4.41. The first kappa shape index (κ1) is 14.4. The monoisotopic (exact) mass is 282 g/mol. The quantitative estimate of drug-likeness (QED) is 0.753. The number of rotatable bonds is 8. The van der Waals surface area contributed by atoms with Crippen molar-refractivity contribution in [2.24, 2.45) is 0 Å². The Labute approximate surface area is 115 Å². The zero-order valence-electron chi connectivity index (χ0n) is 10.9. The molecule has 5 nitrogen and oxygen atoms in total. The summed E-state index contributed by atoms with van der Waals surface area (Å²) in [6, 6.07) is 6.61. The highest BCUT2D eigenvalue weighted by molar-refractivity contribution is 5.27. The average Bonchev–Trinajstić information content (AvgIpc) is 2.93. The van der Waals surface area contributed by atoms with Crippen molar-refractivity contribution in [1.82, 2.24) is 20.3 Å². The molecule has 1 aromatic carbocycles. The molecule has 0 aliphatic rings. The van der Waals surface area contributed by atoms with Gasteiger partial charge in [-0.2, -0.15) is 8.78 Å². The lowest BCUT2D eigenvalue weighted by Gasteiger charge is -2.07. The standard InChI is InChI=1S/C13H16F2N4O/c14-13(15)20-12-4-2-11(3-5-12)10-16-6-1-8-19-9-7-17-18-19/h2-5,7,9,13,16H,1,6,8,10H2. The molecule has 0 saturated carbocycles. The molecule has 0 aliphatic carbocycles. The van der Waals surface area contributed by atoms with E-state index in [0.717, 1.165) is 25.1 Å². The highest BCUT2D eigenvalue weighted by Crippen LogP contribution is 2.14. The Morgan fingerprint density at radius 1 is 1.25 bits per heavy atom. The van der Waals surface area contributed by atoms with Crippen LogP contribution >= 0.6 is 0 Å². The van der Waals surface area contributed by atoms with E-state index in [1.54, 1.807) is 35.1 Å². The minimum Gasteiger partial charge on any atom is -0.435 e. The van der Waals surface area contributed by atoms with Gasteiger partial charge in [0.2, 0.25) is 0 Å². The Hall–Kier alpha value is -2.02. The van der Waals surface area contributed by atoms with Gasteiger partial charge in [-0.1, -0.05) is 17.3 Å². The Morgan fingerprint density at radius 2 is 2.05 bits per heavy atom. The zero-order chi connectivity index (χ0) is 14.2. The third-order valence-electron chi connectivity index (χ3n) is 2.69. The molecule has 0 fully saturated rings. The summed E-state index contributed by atoms with van der Waals surface area (Å²) < 4.78 is 30.0. The highest BCUT2D eigenvalue weighted by Gasteiger charge is 2.03. The molecule has 0 aliphatic heterocycles. The van der Waals surface area contributed by atoms with Gasteiger partial charge < -0.3 is 10.1 Å². The van der Waals surface area contributed by atoms with Gasteiger partial charge in [-0.3, -0.25) is 4.68 Å². The van der Waals surface area contributed by atoms with Crippen LogP contribution in [-0.2, 0) is 13.1 Å². The first-order valence-electron chi connectivity index (χ1n) is 6.32. The summed E-state index contributed by atoms with van der Waals surface area (Å²) in [4.78, 5) is 0. The molecule has 0 amide bonds. The second-order valence-corrected chi connectivity index (χ2v) is 4.22. The average molecular weight is 282 g/mol. The van der Waals surface area contributed by atoms with Crippen LogP contribution in [0.25, 0.3) is 0 Å². The van der Waals surface area contributed by atoms with Crippen molar-refractivity contribution in [1.29, 1.82) is 0 Å². The van der Waals surface area contributed by atoms with Crippen molar-refractivity contribution < 1.29 is 13.5 Å². The number of aryl methyl sites for hydroxylation is 1. The summed E-state index contributed by atoms with van der Waals surface area (Å²) in [5.74, 6) is 0.176. The Morgan fingerprint density at radius 3 is 2.70 bits per heavy atom. The number of aromatic nitrogens is 3. The van der Waals surface area contributed by atoms with E-state index < -0.39 is 6.61 Å². The van der Waals surface area contributed by atoms with E-state index in [1.807, 2.05) is 6.20 Å². The summed E-state index contributed by atoms with van der Waals surface area (Å²) in [5.41, 5.74) is 1.02. The maximum atomic E-state index is 12.0. The van der Waals surface area contributed by atoms with Gasteiger partial charge in [-0.25, -0.2) is 0 Å². The van der Waals surface area contributed by atoms with Crippen LogP contribution in [0.1, 0.15) is 12.0 Å². The summed E-state index contributed by atoms with van der Waals surface area (Å²) in [7, 11) is 0. The first-order chi connectivity index (χ1) is 9.74. The largest absolute Gasteiger partial charge is 0.435 e. The number of hydrogen-bond acceptors (Lipinski definition) is 4. The van der Waals surface area contributed by atoms with Crippen LogP contribution in [0.15, 0.2) is 36.7 Å². The molecule has 1 N–H and O–H groups in total. The number of benzene rings is 1. The molecule has 0 saturated heterocycles. The number of nitrogens with zero attached hydrogens (tertiary/aromatic N) is 3. The van der Waals surface area contributed by atoms with Crippen molar-refractivity contribution in [2.75, 3.05) is 6.54 Å². The van der Waals surface area contributed by atoms with Gasteiger partial charge in [-0.05, 0) is 30.7 Å². The van der Waals surface area contributed by atoms with Crippen molar-refractivity contribution >= 4 is 0 Å². The molecule has 0 bridgehead atoms. The molecule has 2 aromatic rings. The molecular weight excluding hydrogens is 266 g/mol. The fourth-order valence-corrected chi connectivity index (χ4v) is 1.74. The van der Waals surface area contributed by atoms with Crippen LogP contribution in [0.2, 0.25) is 0 Å². The number of hydrogen-bond donors (Lipinski definition) is 1. The number of nitrogens with one attached hydrogen (secondary N) is 1. The number of alkyl halides is 2. The van der Waals surface area contributed by atoms with E-state index in [9.17, 15) is 8.78 Å². The van der Waals surface area contributed by atoms with Crippen LogP contribution in [0.5, 0.6) is 5.75 Å². The maximum Gasteiger partial charge on any atom is 0.387 e. The molecule has 0 spiro atoms. The van der Waals surface area contributed by atoms with Crippen LogP contribution < -0.4 is 10.1 Å². The topological polar surface area (TPSA) is 52.0 Å². The Balaban J connectivity index is 1.64. The molecule has 20 heavy (non-hydrogen) atoms. The molecule has 1 aromatic heterocycles. The SMILES string of the molecule is FC(F)Oc1ccc(CNCCCn2ccnn2)cc1. The molecule has 0 atom stereocenters. The minimum atomic E-state index is -2.78. The predicted molar refractivity (Wildman–Crippen MR) is 69.4 cm³/mol. The molecule has 1 heterocycles. The van der Waals surface area contributed by atoms with Crippen LogP contribution in [0.3, 0.4) is 0 Å². The number of halogens is 2. The Bertz CT molecular complexity index is 488. The van der Waals surface area contributed by atoms with E-state index in [4.69, 9.17) is 0 Å². The minimum absolute atomic E-state index is 0.176. The summed E-state index contributed by atoms with van der Waals surface area (Å²) in [6.45, 7) is -0.439. The summed E-state index contributed by atoms with van der Waals surface area (Å²) >= 11 is 0. The van der Waals surface area contributed by atoms with E-state index >= 15 is 0 Å². The van der Waals surface area contributed by atoms with Crippen molar-refractivity contribution in [2.45, 2.75) is 26.1 Å². The fourth-order valence-electron chi connectivity index (χ4n) is 1.74. The highest BCUT2D eigenvalue weighted by atomic mass is 19.3. The fraction of sp³-hybridized carbons (Fsp3) is 0.385. The van der Waals surface area contributed by atoms with E-state index in [2.05, 4.69) is 20.4 Å². The lowest BCUT2D eigenvalue weighted by Crippen LogP contribution is -2.16. The maximum absolute atomic E-state index is 12.0. The normalized spacial score (nSPS) is 10.9. The van der Waals surface area contributed by atoms with E-state index in [-0.39, 0.29) is 5.75 Å². The molecule has 108 valence electrons. The molecule has 0 radical (unpaired) electrons. The van der Waals surface area contributed by atoms with Gasteiger partial charge in [0.25, 0.3) is 0 Å². The van der Waals surface area contributed by atoms with Crippen LogP contribution in [0.4, 0.5) is 8.78 Å². The smallest absolute Gasteiger partial charge is 0.387 e. The van der Waals surface area contributed by atoms with Gasteiger partial charge in [0, 0.05) is 19.3 Å². The van der Waals surface area contributed by atoms with E-state index in [0.29, 0.717) is 6.54 Å². The molecular formula is C13H16F2N4O. The Kier molecular flexibility index (Phi) is 5.43. The molecule has 2 rings (SSSR count). The lowest BCUT2D eigenvalue weighted by atomic mass is 10.2. The van der Waals surface area contributed by atoms with Gasteiger partial charge in [0.05, 0.1) is 6.20 Å². The molecule has 0 unspecified atom stereocenters. The van der Waals surface area contributed by atoms with Gasteiger partial charge in [0.15, 0.2) is 0 Å². The van der Waals surface area contributed by atoms with Gasteiger partial charge in [0.1, 0.15) is 5.75 Å². The van der Waals surface area contributed by atoms with Crippen LogP contribution in [0, 0.1) is 0 Å². The van der Waals surface area contributed by atoms with Crippen molar-refractivity contribution in [3.8, 4) is 5.75 Å². The predicted octanol–water partition coefficient (Wildman–Crippen LogP) is 2.06. The second kappa shape index (κ2) is 7.54. The van der Waals surface area contributed by atoms with Crippen molar-refractivity contribution in [3.05, 3.63) is 42.2 Å². The molecule has 7 heteroatoms. The first-order valence-corrected chi connectivity index (χ1v) is 6.32. The lowest BCUT2D eigenvalue weighted by molar-refractivity contribution is -0.0498. The third-order valence-corrected chi connectivity index (χ3v) is 2.69. The number of ether oxygens (including phenoxy) is 1. The zero-order valence-corrected chi connectivity index (χ0v) is 10.9. The van der Waals surface area contributed by atoms with E-state index in [1.165, 1.54) is 0 Å². The van der Waals surface area contributed by atoms with Crippen LogP contribution in [-0.4, -0.2) is 28.2 Å².